The third kappa shape index (κ3) is 8.66. The van der Waals surface area contributed by atoms with Crippen molar-refractivity contribution in [2.24, 2.45) is 0 Å². The topological polar surface area (TPSA) is 138 Å². The molecule has 0 aliphatic carbocycles. The summed E-state index contributed by atoms with van der Waals surface area (Å²) in [5, 5.41) is 24.0. The summed E-state index contributed by atoms with van der Waals surface area (Å²) in [6, 6.07) is 8.87. The third-order valence-corrected chi connectivity index (χ3v) is 7.64. The van der Waals surface area contributed by atoms with Gasteiger partial charge in [0.15, 0.2) is 12.4 Å². The first kappa shape index (κ1) is 33.6. The molecule has 4 rings (SSSR count). The van der Waals surface area contributed by atoms with Crippen LogP contribution in [0.2, 0.25) is 10.0 Å². The van der Waals surface area contributed by atoms with Gasteiger partial charge in [-0.05, 0) is 37.1 Å². The summed E-state index contributed by atoms with van der Waals surface area (Å²) >= 11 is 12.1. The van der Waals surface area contributed by atoms with Crippen molar-refractivity contribution in [3.8, 4) is 11.5 Å². The number of anilines is 1. The van der Waals surface area contributed by atoms with E-state index in [1.165, 1.54) is 12.1 Å². The molecule has 2 aromatic rings. The van der Waals surface area contributed by atoms with Gasteiger partial charge in [-0.2, -0.15) is 13.2 Å². The summed E-state index contributed by atoms with van der Waals surface area (Å²) in [5.74, 6) is -3.97. The molecule has 0 bridgehead atoms. The molecule has 2 aromatic carbocycles. The number of halogens is 5. The van der Waals surface area contributed by atoms with Gasteiger partial charge in [-0.3, -0.25) is 4.79 Å². The Morgan fingerprint density at radius 2 is 1.70 bits per heavy atom. The average Bonchev–Trinajstić information content (AvgIpc) is 3.34. The van der Waals surface area contributed by atoms with Crippen LogP contribution in [0, 0.1) is 0 Å². The number of carbonyl (C=O) groups is 3. The standard InChI is InChI=1S/C28H30Cl2F3N3O8/c29-17-3-1-16(2-4-17)26(40)35-7-5-18(6-8-35)34-20-13-36(14-22(20)38)21-12-23(42-10-9-37)19(30)11-24(21)44-25(39)15-43-27(41)28(31,32)33/h1-4,11-12,18,20,22,34,37-38H,5-10,13-15H2. The molecule has 2 heterocycles. The Kier molecular flexibility index (Phi) is 11.2. The second kappa shape index (κ2) is 14.7. The van der Waals surface area contributed by atoms with Gasteiger partial charge in [-0.1, -0.05) is 23.2 Å². The quantitative estimate of drug-likeness (QED) is 0.257. The molecule has 2 fully saturated rings. The number of hydrogen-bond donors (Lipinski definition) is 3. The minimum Gasteiger partial charge on any atom is -0.490 e. The molecular weight excluding hydrogens is 634 g/mol. The normalized spacial score (nSPS) is 19.2. The van der Waals surface area contributed by atoms with Gasteiger partial charge >= 0.3 is 18.1 Å². The number of ether oxygens (including phenoxy) is 3. The van der Waals surface area contributed by atoms with Gasteiger partial charge in [0.2, 0.25) is 0 Å². The molecule has 2 unspecified atom stereocenters. The van der Waals surface area contributed by atoms with Crippen molar-refractivity contribution in [2.45, 2.75) is 37.2 Å². The van der Waals surface area contributed by atoms with Gasteiger partial charge in [-0.25, -0.2) is 9.59 Å². The first-order chi connectivity index (χ1) is 20.8. The number of likely N-dealkylation sites (tertiary alicyclic amines) is 1. The van der Waals surface area contributed by atoms with Gasteiger partial charge in [0, 0.05) is 54.9 Å². The van der Waals surface area contributed by atoms with E-state index in [4.69, 9.17) is 37.8 Å². The van der Waals surface area contributed by atoms with Crippen LogP contribution in [0.5, 0.6) is 11.5 Å². The molecule has 2 atom stereocenters. The molecule has 44 heavy (non-hydrogen) atoms. The zero-order chi connectivity index (χ0) is 32.0. The summed E-state index contributed by atoms with van der Waals surface area (Å²) in [4.78, 5) is 39.5. The van der Waals surface area contributed by atoms with Gasteiger partial charge in [0.05, 0.1) is 29.5 Å². The first-order valence-electron chi connectivity index (χ1n) is 13.6. The molecule has 2 aliphatic rings. The van der Waals surface area contributed by atoms with Gasteiger partial charge in [0.25, 0.3) is 5.91 Å². The maximum absolute atomic E-state index is 12.8. The largest absolute Gasteiger partial charge is 0.490 e. The van der Waals surface area contributed by atoms with Crippen LogP contribution in [0.15, 0.2) is 36.4 Å². The van der Waals surface area contributed by atoms with Crippen molar-refractivity contribution in [1.29, 1.82) is 0 Å². The molecule has 2 aliphatic heterocycles. The van der Waals surface area contributed by atoms with Crippen LogP contribution in [0.3, 0.4) is 0 Å². The van der Waals surface area contributed by atoms with Crippen molar-refractivity contribution in [3.63, 3.8) is 0 Å². The summed E-state index contributed by atoms with van der Waals surface area (Å²) < 4.78 is 51.9. The van der Waals surface area contributed by atoms with Crippen molar-refractivity contribution in [3.05, 3.63) is 52.0 Å². The van der Waals surface area contributed by atoms with E-state index in [0.29, 0.717) is 36.5 Å². The predicted octanol–water partition coefficient (Wildman–Crippen LogP) is 2.82. The van der Waals surface area contributed by atoms with E-state index in [1.54, 1.807) is 34.1 Å². The zero-order valence-electron chi connectivity index (χ0n) is 23.2. The SMILES string of the molecule is O=C(COC(=O)C(F)(F)F)Oc1cc(Cl)c(OCCO)cc1N1CC(O)C(NC2CCN(C(=O)c3ccc(Cl)cc3)CC2)C1. The molecule has 11 nitrogen and oxygen atoms in total. The van der Waals surface area contributed by atoms with Gasteiger partial charge in [0.1, 0.15) is 12.4 Å². The number of rotatable bonds is 10. The first-order valence-corrected chi connectivity index (χ1v) is 14.4. The number of hydrogen-bond acceptors (Lipinski definition) is 10. The Hall–Kier alpha value is -3.30. The molecule has 0 aromatic heterocycles. The summed E-state index contributed by atoms with van der Waals surface area (Å²) in [6.45, 7) is -0.381. The van der Waals surface area contributed by atoms with E-state index in [2.05, 4.69) is 10.1 Å². The number of amides is 1. The molecule has 1 amide bonds. The van der Waals surface area contributed by atoms with Crippen LogP contribution in [0.4, 0.5) is 18.9 Å². The number of carbonyl (C=O) groups excluding carboxylic acids is 3. The number of alkyl halides is 3. The monoisotopic (exact) mass is 663 g/mol. The third-order valence-electron chi connectivity index (χ3n) is 7.09. The maximum atomic E-state index is 12.8. The predicted molar refractivity (Wildman–Crippen MR) is 152 cm³/mol. The molecule has 3 N–H and O–H groups in total. The van der Waals surface area contributed by atoms with E-state index in [9.17, 15) is 32.7 Å². The Bertz CT molecular complexity index is 1340. The van der Waals surface area contributed by atoms with Gasteiger partial charge < -0.3 is 39.5 Å². The highest BCUT2D eigenvalue weighted by molar-refractivity contribution is 6.32. The van der Waals surface area contributed by atoms with Crippen LogP contribution in [0.25, 0.3) is 0 Å². The summed E-state index contributed by atoms with van der Waals surface area (Å²) in [7, 11) is 0. The number of aliphatic hydroxyl groups excluding tert-OH is 2. The summed E-state index contributed by atoms with van der Waals surface area (Å²) in [5.41, 5.74) is 0.771. The minimum absolute atomic E-state index is 0.00171. The fraction of sp³-hybridized carbons (Fsp3) is 0.464. The van der Waals surface area contributed by atoms with Crippen molar-refractivity contribution in [1.82, 2.24) is 10.2 Å². The number of aliphatic hydroxyl groups is 2. The molecule has 0 spiro atoms. The van der Waals surface area contributed by atoms with Crippen molar-refractivity contribution >= 4 is 46.7 Å². The van der Waals surface area contributed by atoms with Crippen LogP contribution in [0.1, 0.15) is 23.2 Å². The number of piperidine rings is 1. The average molecular weight is 664 g/mol. The van der Waals surface area contributed by atoms with Crippen molar-refractivity contribution in [2.75, 3.05) is 50.9 Å². The minimum atomic E-state index is -5.28. The lowest BCUT2D eigenvalue weighted by molar-refractivity contribution is -0.200. The second-order valence-corrected chi connectivity index (χ2v) is 11.0. The lowest BCUT2D eigenvalue weighted by Crippen LogP contribution is -2.50. The molecule has 16 heteroatoms. The highest BCUT2D eigenvalue weighted by Gasteiger charge is 2.41. The Morgan fingerprint density at radius 3 is 2.34 bits per heavy atom. The van der Waals surface area contributed by atoms with Crippen LogP contribution < -0.4 is 19.7 Å². The number of nitrogens with zero attached hydrogens (tertiary/aromatic N) is 2. The fourth-order valence-electron chi connectivity index (χ4n) is 4.95. The van der Waals surface area contributed by atoms with Crippen molar-refractivity contribution < 1.29 is 52.0 Å². The number of benzene rings is 2. The maximum Gasteiger partial charge on any atom is 0.490 e. The highest BCUT2D eigenvalue weighted by atomic mass is 35.5. The number of β-amino-alcohol motifs (C(OH)–C–C–N with tert-alkyl or cyclic N) is 1. The van der Waals surface area contributed by atoms with Crippen LogP contribution in [-0.2, 0) is 14.3 Å². The second-order valence-electron chi connectivity index (χ2n) is 10.2. The number of nitrogens with one attached hydrogen (secondary N) is 1. The molecule has 0 saturated carbocycles. The molecule has 0 radical (unpaired) electrons. The fourth-order valence-corrected chi connectivity index (χ4v) is 5.29. The number of esters is 2. The van der Waals surface area contributed by atoms with Gasteiger partial charge in [-0.15, -0.1) is 0 Å². The molecule has 2 saturated heterocycles. The van der Waals surface area contributed by atoms with Crippen LogP contribution >= 0.6 is 23.2 Å². The van der Waals surface area contributed by atoms with E-state index in [1.807, 2.05) is 0 Å². The van der Waals surface area contributed by atoms with E-state index in [-0.39, 0.29) is 60.5 Å². The Labute approximate surface area is 260 Å². The highest BCUT2D eigenvalue weighted by Crippen LogP contribution is 2.40. The lowest BCUT2D eigenvalue weighted by atomic mass is 10.0. The Morgan fingerprint density at radius 1 is 1.02 bits per heavy atom. The van der Waals surface area contributed by atoms with Crippen LogP contribution in [-0.4, -0.2) is 103 Å². The molecular formula is C28H30Cl2F3N3O8. The lowest BCUT2D eigenvalue weighted by Gasteiger charge is -2.34. The van der Waals surface area contributed by atoms with E-state index >= 15 is 0 Å². The zero-order valence-corrected chi connectivity index (χ0v) is 24.7. The Balaban J connectivity index is 1.40. The smallest absolute Gasteiger partial charge is 0.490 e. The van der Waals surface area contributed by atoms with E-state index in [0.717, 1.165) is 0 Å². The van der Waals surface area contributed by atoms with E-state index < -0.39 is 36.9 Å². The molecule has 240 valence electrons. The summed E-state index contributed by atoms with van der Waals surface area (Å²) in [6.07, 6.45) is -4.86.